The van der Waals surface area contributed by atoms with Crippen LogP contribution in [0.5, 0.6) is 0 Å². The molecule has 0 unspecified atom stereocenters. The number of amides is 1. The van der Waals surface area contributed by atoms with Crippen LogP contribution in [0.15, 0.2) is 36.7 Å². The normalized spacial score (nSPS) is 19.7. The molecule has 6 nitrogen and oxygen atoms in total. The lowest BCUT2D eigenvalue weighted by atomic mass is 9.80. The summed E-state index contributed by atoms with van der Waals surface area (Å²) in [5.74, 6) is 0.936. The Balaban J connectivity index is 1.48. The second-order valence-corrected chi connectivity index (χ2v) is 8.41. The van der Waals surface area contributed by atoms with Gasteiger partial charge in [0.2, 0.25) is 0 Å². The number of hydrogen-bond donors (Lipinski definition) is 1. The van der Waals surface area contributed by atoms with Crippen molar-refractivity contribution >= 4 is 22.6 Å². The van der Waals surface area contributed by atoms with E-state index in [0.29, 0.717) is 17.5 Å². The van der Waals surface area contributed by atoms with Gasteiger partial charge in [-0.3, -0.25) is 9.48 Å². The number of halogens is 3. The molecule has 0 aromatic carbocycles. The van der Waals surface area contributed by atoms with E-state index in [-0.39, 0.29) is 11.5 Å². The first-order valence-electron chi connectivity index (χ1n) is 10.4. The van der Waals surface area contributed by atoms with Gasteiger partial charge >= 0.3 is 6.18 Å². The third kappa shape index (κ3) is 4.70. The molecular formula is C22H24F3N5O. The number of nitrogens with zero attached hydrogens (tertiary/aromatic N) is 4. The molecule has 164 valence electrons. The zero-order valence-corrected chi connectivity index (χ0v) is 17.4. The Morgan fingerprint density at radius 2 is 1.94 bits per heavy atom. The number of rotatable bonds is 4. The van der Waals surface area contributed by atoms with Crippen molar-refractivity contribution in [3.05, 3.63) is 48.0 Å². The van der Waals surface area contributed by atoms with Gasteiger partial charge in [-0.15, -0.1) is 0 Å². The highest BCUT2D eigenvalue weighted by molar-refractivity contribution is 6.03. The molecule has 0 spiro atoms. The van der Waals surface area contributed by atoms with Gasteiger partial charge in [-0.1, -0.05) is 19.9 Å². The van der Waals surface area contributed by atoms with E-state index in [9.17, 15) is 18.0 Å². The van der Waals surface area contributed by atoms with E-state index in [1.54, 1.807) is 12.3 Å². The van der Waals surface area contributed by atoms with Crippen molar-refractivity contribution in [3.63, 3.8) is 0 Å². The number of alkyl halides is 3. The zero-order chi connectivity index (χ0) is 22.2. The Kier molecular flexibility index (Phi) is 5.68. The molecule has 1 aliphatic rings. The van der Waals surface area contributed by atoms with Gasteiger partial charge in [0, 0.05) is 11.6 Å². The third-order valence-electron chi connectivity index (χ3n) is 5.98. The van der Waals surface area contributed by atoms with E-state index < -0.39 is 17.8 Å². The molecule has 1 saturated carbocycles. The minimum Gasteiger partial charge on any atom is -0.305 e. The molecule has 0 bridgehead atoms. The number of carbonyl (C=O) groups excluding carboxylic acids is 1. The standard InChI is InChI=1S/C22H24F3N5O/c1-13(2)14-6-8-16(9-7-14)30-12-15-10-20(26-11-18(15)29-30)28-21(31)17-4-3-5-19(27-17)22(23,24)25/h3-5,10-14,16H,6-9H2,1-2H3,(H,28,31). The summed E-state index contributed by atoms with van der Waals surface area (Å²) in [4.78, 5) is 20.0. The van der Waals surface area contributed by atoms with Crippen LogP contribution in [0.3, 0.4) is 0 Å². The average molecular weight is 431 g/mol. The minimum absolute atomic E-state index is 0.236. The molecule has 0 saturated heterocycles. The number of anilines is 1. The Hall–Kier alpha value is -2.97. The molecule has 31 heavy (non-hydrogen) atoms. The fourth-order valence-corrected chi connectivity index (χ4v) is 4.13. The Labute approximate surface area is 177 Å². The lowest BCUT2D eigenvalue weighted by molar-refractivity contribution is -0.141. The molecule has 0 radical (unpaired) electrons. The second kappa shape index (κ2) is 8.28. The second-order valence-electron chi connectivity index (χ2n) is 8.41. The molecule has 0 atom stereocenters. The van der Waals surface area contributed by atoms with E-state index in [0.717, 1.165) is 36.3 Å². The molecule has 1 N–H and O–H groups in total. The van der Waals surface area contributed by atoms with Crippen molar-refractivity contribution in [2.45, 2.75) is 51.7 Å². The molecule has 1 amide bonds. The smallest absolute Gasteiger partial charge is 0.305 e. The quantitative estimate of drug-likeness (QED) is 0.593. The van der Waals surface area contributed by atoms with E-state index in [2.05, 4.69) is 34.2 Å². The number of hydrogen-bond acceptors (Lipinski definition) is 4. The van der Waals surface area contributed by atoms with Crippen LogP contribution in [0.4, 0.5) is 19.0 Å². The highest BCUT2D eigenvalue weighted by Crippen LogP contribution is 2.36. The number of aromatic nitrogens is 4. The fourth-order valence-electron chi connectivity index (χ4n) is 4.13. The lowest BCUT2D eigenvalue weighted by Gasteiger charge is -2.30. The fraction of sp³-hybridized carbons (Fsp3) is 0.455. The van der Waals surface area contributed by atoms with E-state index >= 15 is 0 Å². The molecule has 3 heterocycles. The van der Waals surface area contributed by atoms with Crippen molar-refractivity contribution in [1.82, 2.24) is 19.7 Å². The summed E-state index contributed by atoms with van der Waals surface area (Å²) in [6.07, 6.45) is 3.40. The maximum Gasteiger partial charge on any atom is 0.433 e. The van der Waals surface area contributed by atoms with Gasteiger partial charge in [-0.2, -0.15) is 18.3 Å². The van der Waals surface area contributed by atoms with E-state index in [1.807, 2.05) is 10.9 Å². The van der Waals surface area contributed by atoms with Crippen molar-refractivity contribution < 1.29 is 18.0 Å². The number of nitrogens with one attached hydrogen (secondary N) is 1. The van der Waals surface area contributed by atoms with Crippen molar-refractivity contribution in [2.75, 3.05) is 5.32 Å². The van der Waals surface area contributed by atoms with Crippen molar-refractivity contribution in [2.24, 2.45) is 11.8 Å². The van der Waals surface area contributed by atoms with E-state index in [1.165, 1.54) is 18.9 Å². The van der Waals surface area contributed by atoms with Gasteiger partial charge in [0.25, 0.3) is 5.91 Å². The monoisotopic (exact) mass is 431 g/mol. The van der Waals surface area contributed by atoms with Gasteiger partial charge < -0.3 is 5.32 Å². The minimum atomic E-state index is -4.61. The van der Waals surface area contributed by atoms with Crippen LogP contribution < -0.4 is 5.32 Å². The summed E-state index contributed by atoms with van der Waals surface area (Å²) >= 11 is 0. The molecular weight excluding hydrogens is 407 g/mol. The largest absolute Gasteiger partial charge is 0.433 e. The number of pyridine rings is 2. The maximum atomic E-state index is 12.8. The van der Waals surface area contributed by atoms with Crippen LogP contribution >= 0.6 is 0 Å². The predicted octanol–water partition coefficient (Wildman–Crippen LogP) is 5.48. The van der Waals surface area contributed by atoms with Crippen LogP contribution in [0.2, 0.25) is 0 Å². The average Bonchev–Trinajstić information content (AvgIpc) is 3.16. The van der Waals surface area contributed by atoms with Crippen LogP contribution in [0.25, 0.3) is 10.9 Å². The summed E-state index contributed by atoms with van der Waals surface area (Å²) in [6.45, 7) is 4.53. The van der Waals surface area contributed by atoms with Gasteiger partial charge in [0.15, 0.2) is 0 Å². The van der Waals surface area contributed by atoms with Gasteiger partial charge in [0.1, 0.15) is 22.7 Å². The lowest BCUT2D eigenvalue weighted by Crippen LogP contribution is -2.21. The van der Waals surface area contributed by atoms with Crippen LogP contribution in [0, 0.1) is 11.8 Å². The highest BCUT2D eigenvalue weighted by atomic mass is 19.4. The SMILES string of the molecule is CC(C)C1CCC(n2cc3cc(NC(=O)c4cccc(C(F)(F)F)n4)ncc3n2)CC1. The molecule has 1 fully saturated rings. The summed E-state index contributed by atoms with van der Waals surface area (Å²) < 4.78 is 40.5. The maximum absolute atomic E-state index is 12.8. The first-order valence-corrected chi connectivity index (χ1v) is 10.4. The van der Waals surface area contributed by atoms with Crippen LogP contribution in [0.1, 0.15) is 61.8 Å². The number of carbonyl (C=O) groups is 1. The summed E-state index contributed by atoms with van der Waals surface area (Å²) in [5.41, 5.74) is -0.729. The van der Waals surface area contributed by atoms with Gasteiger partial charge in [0.05, 0.1) is 12.2 Å². The van der Waals surface area contributed by atoms with Crippen LogP contribution in [-0.2, 0) is 6.18 Å². The predicted molar refractivity (Wildman–Crippen MR) is 111 cm³/mol. The molecule has 3 aromatic rings. The Morgan fingerprint density at radius 3 is 2.61 bits per heavy atom. The highest BCUT2D eigenvalue weighted by Gasteiger charge is 2.33. The van der Waals surface area contributed by atoms with Crippen molar-refractivity contribution in [3.8, 4) is 0 Å². The first-order chi connectivity index (χ1) is 14.7. The van der Waals surface area contributed by atoms with E-state index in [4.69, 9.17) is 0 Å². The molecule has 0 aliphatic heterocycles. The Morgan fingerprint density at radius 1 is 1.19 bits per heavy atom. The Bertz CT molecular complexity index is 1080. The van der Waals surface area contributed by atoms with Gasteiger partial charge in [-0.05, 0) is 55.7 Å². The zero-order valence-electron chi connectivity index (χ0n) is 17.4. The first kappa shape index (κ1) is 21.3. The molecule has 3 aromatic heterocycles. The topological polar surface area (TPSA) is 72.7 Å². The van der Waals surface area contributed by atoms with Crippen LogP contribution in [-0.4, -0.2) is 25.7 Å². The summed E-state index contributed by atoms with van der Waals surface area (Å²) in [7, 11) is 0. The van der Waals surface area contributed by atoms with Crippen molar-refractivity contribution in [1.29, 1.82) is 0 Å². The summed E-state index contributed by atoms with van der Waals surface area (Å²) in [5, 5.41) is 7.96. The third-order valence-corrected chi connectivity index (χ3v) is 5.98. The molecule has 1 aliphatic carbocycles. The molecule has 4 rings (SSSR count). The number of fused-ring (bicyclic) bond motifs is 1. The molecule has 9 heteroatoms. The summed E-state index contributed by atoms with van der Waals surface area (Å²) in [6, 6.07) is 5.22. The van der Waals surface area contributed by atoms with Gasteiger partial charge in [-0.25, -0.2) is 9.97 Å².